The van der Waals surface area contributed by atoms with E-state index in [0.717, 1.165) is 15.8 Å². The Hall–Kier alpha value is -1.93. The highest BCUT2D eigenvalue weighted by Crippen LogP contribution is 2.16. The number of anilines is 1. The maximum Gasteiger partial charge on any atom is 0.326 e. The Morgan fingerprint density at radius 3 is 2.78 bits per heavy atom. The minimum absolute atomic E-state index is 0.206. The average molecular weight is 399 g/mol. The van der Waals surface area contributed by atoms with Crippen LogP contribution in [0.25, 0.3) is 0 Å². The second kappa shape index (κ2) is 7.56. The zero-order chi connectivity index (χ0) is 17.0. The van der Waals surface area contributed by atoms with E-state index in [-0.39, 0.29) is 11.4 Å². The molecule has 1 amide bonds. The lowest BCUT2D eigenvalue weighted by molar-refractivity contribution is -0.153. The van der Waals surface area contributed by atoms with Gasteiger partial charge in [-0.2, -0.15) is 0 Å². The van der Waals surface area contributed by atoms with Crippen molar-refractivity contribution in [2.45, 2.75) is 26.5 Å². The van der Waals surface area contributed by atoms with Gasteiger partial charge in [0.2, 0.25) is 0 Å². The number of thiazole rings is 1. The molecule has 122 valence electrons. The van der Waals surface area contributed by atoms with Gasteiger partial charge in [0.05, 0.1) is 0 Å². The molecule has 2 aromatic rings. The molecule has 2 rings (SSSR count). The number of hydrogen-bond donors (Lipinski definition) is 1. The van der Waals surface area contributed by atoms with Crippen LogP contribution < -0.4 is 10.2 Å². The maximum atomic E-state index is 12.0. The van der Waals surface area contributed by atoms with E-state index in [1.807, 2.05) is 6.07 Å². The summed E-state index contributed by atoms with van der Waals surface area (Å²) in [4.78, 5) is 35.2. The average Bonchev–Trinajstić information content (AvgIpc) is 2.79. The van der Waals surface area contributed by atoms with Crippen molar-refractivity contribution in [2.75, 3.05) is 5.32 Å². The lowest BCUT2D eigenvalue weighted by Gasteiger charge is -2.14. The molecule has 0 aliphatic heterocycles. The van der Waals surface area contributed by atoms with Crippen molar-refractivity contribution in [3.63, 3.8) is 0 Å². The summed E-state index contributed by atoms with van der Waals surface area (Å²) in [6.45, 7) is 3.01. The molecular weight excluding hydrogens is 384 g/mol. The van der Waals surface area contributed by atoms with Crippen LogP contribution in [0.2, 0.25) is 0 Å². The molecule has 0 radical (unpaired) electrons. The van der Waals surface area contributed by atoms with Crippen molar-refractivity contribution in [2.24, 2.45) is 0 Å². The number of aromatic nitrogens is 1. The molecule has 0 unspecified atom stereocenters. The van der Waals surface area contributed by atoms with Gasteiger partial charge in [0, 0.05) is 21.2 Å². The highest BCUT2D eigenvalue weighted by Gasteiger charge is 2.19. The summed E-state index contributed by atoms with van der Waals surface area (Å²) in [5.74, 6) is -1.07. The van der Waals surface area contributed by atoms with Gasteiger partial charge >= 0.3 is 10.8 Å². The van der Waals surface area contributed by atoms with E-state index < -0.39 is 18.0 Å². The molecule has 0 spiro atoms. The Balaban J connectivity index is 1.93. The second-order valence-corrected chi connectivity index (χ2v) is 6.60. The van der Waals surface area contributed by atoms with Gasteiger partial charge in [-0.05, 0) is 32.0 Å². The minimum atomic E-state index is -0.962. The van der Waals surface area contributed by atoms with Crippen LogP contribution in [0.1, 0.15) is 12.6 Å². The zero-order valence-electron chi connectivity index (χ0n) is 12.5. The third kappa shape index (κ3) is 4.77. The molecule has 1 aromatic carbocycles. The van der Waals surface area contributed by atoms with E-state index in [9.17, 15) is 14.4 Å². The van der Waals surface area contributed by atoms with E-state index in [0.29, 0.717) is 11.4 Å². The molecule has 8 heteroatoms. The Morgan fingerprint density at radius 2 is 2.17 bits per heavy atom. The Kier molecular flexibility index (Phi) is 5.73. The number of hydrogen-bond acceptors (Lipinski definition) is 5. The summed E-state index contributed by atoms with van der Waals surface area (Å²) < 4.78 is 7.22. The summed E-state index contributed by atoms with van der Waals surface area (Å²) in [5, 5.41) is 4.32. The Morgan fingerprint density at radius 1 is 1.43 bits per heavy atom. The first-order valence-corrected chi connectivity index (χ1v) is 8.45. The lowest BCUT2D eigenvalue weighted by atomic mass is 10.3. The van der Waals surface area contributed by atoms with Crippen LogP contribution in [-0.2, 0) is 20.9 Å². The summed E-state index contributed by atoms with van der Waals surface area (Å²) >= 11 is 4.33. The fraction of sp³-hybridized carbons (Fsp3) is 0.267. The molecule has 1 heterocycles. The quantitative estimate of drug-likeness (QED) is 0.784. The number of aryl methyl sites for hydroxylation is 1. The number of rotatable bonds is 5. The topological polar surface area (TPSA) is 77.4 Å². The van der Waals surface area contributed by atoms with Gasteiger partial charge in [0.1, 0.15) is 6.54 Å². The zero-order valence-corrected chi connectivity index (χ0v) is 14.9. The number of halogens is 1. The third-order valence-electron chi connectivity index (χ3n) is 3.03. The molecule has 6 nitrogen and oxygen atoms in total. The monoisotopic (exact) mass is 398 g/mol. The smallest absolute Gasteiger partial charge is 0.326 e. The summed E-state index contributed by atoms with van der Waals surface area (Å²) in [6.07, 6.45) is -0.962. The van der Waals surface area contributed by atoms with Crippen LogP contribution in [0.5, 0.6) is 0 Å². The molecule has 0 saturated carbocycles. The highest BCUT2D eigenvalue weighted by atomic mass is 79.9. The fourth-order valence-electron chi connectivity index (χ4n) is 1.82. The van der Waals surface area contributed by atoms with E-state index in [4.69, 9.17) is 4.74 Å². The molecule has 1 N–H and O–H groups in total. The van der Waals surface area contributed by atoms with Crippen molar-refractivity contribution in [3.05, 3.63) is 49.5 Å². The Bertz CT molecular complexity index is 784. The second-order valence-electron chi connectivity index (χ2n) is 4.86. The normalized spacial score (nSPS) is 11.8. The summed E-state index contributed by atoms with van der Waals surface area (Å²) in [5.41, 5.74) is 1.28. The van der Waals surface area contributed by atoms with Gasteiger partial charge in [-0.1, -0.05) is 33.3 Å². The summed E-state index contributed by atoms with van der Waals surface area (Å²) in [6, 6.07) is 7.08. The number of benzene rings is 1. The van der Waals surface area contributed by atoms with E-state index in [1.165, 1.54) is 11.5 Å². The number of nitrogens with zero attached hydrogens (tertiary/aromatic N) is 1. The van der Waals surface area contributed by atoms with Crippen LogP contribution in [0.4, 0.5) is 5.69 Å². The molecule has 1 aromatic heterocycles. The molecule has 0 aliphatic rings. The van der Waals surface area contributed by atoms with Crippen LogP contribution in [0.15, 0.2) is 38.9 Å². The largest absolute Gasteiger partial charge is 0.451 e. The van der Waals surface area contributed by atoms with Crippen molar-refractivity contribution >= 4 is 44.8 Å². The van der Waals surface area contributed by atoms with Crippen molar-refractivity contribution in [1.82, 2.24) is 4.57 Å². The van der Waals surface area contributed by atoms with Crippen LogP contribution in [0, 0.1) is 6.92 Å². The van der Waals surface area contributed by atoms with Crippen LogP contribution >= 0.6 is 27.3 Å². The molecule has 0 saturated heterocycles. The van der Waals surface area contributed by atoms with E-state index in [1.54, 1.807) is 30.5 Å². The molecule has 1 atom stereocenters. The van der Waals surface area contributed by atoms with Crippen molar-refractivity contribution < 1.29 is 14.3 Å². The van der Waals surface area contributed by atoms with Gasteiger partial charge in [0.25, 0.3) is 5.91 Å². The third-order valence-corrected chi connectivity index (χ3v) is 4.41. The van der Waals surface area contributed by atoms with Crippen molar-refractivity contribution in [3.8, 4) is 0 Å². The van der Waals surface area contributed by atoms with Crippen LogP contribution in [0.3, 0.4) is 0 Å². The number of esters is 1. The maximum absolute atomic E-state index is 12.0. The van der Waals surface area contributed by atoms with E-state index in [2.05, 4.69) is 21.2 Å². The molecule has 0 bridgehead atoms. The molecule has 23 heavy (non-hydrogen) atoms. The number of amides is 1. The summed E-state index contributed by atoms with van der Waals surface area (Å²) in [7, 11) is 0. The minimum Gasteiger partial charge on any atom is -0.451 e. The van der Waals surface area contributed by atoms with Gasteiger partial charge < -0.3 is 10.1 Å². The Labute approximate surface area is 145 Å². The lowest BCUT2D eigenvalue weighted by Crippen LogP contribution is -2.32. The molecule has 0 aliphatic carbocycles. The first kappa shape index (κ1) is 17.4. The highest BCUT2D eigenvalue weighted by molar-refractivity contribution is 9.10. The SMILES string of the molecule is Cc1csc(=O)n1CC(=O)O[C@H](C)C(=O)Nc1cccc(Br)c1. The number of carbonyl (C=O) groups is 2. The van der Waals surface area contributed by atoms with Crippen molar-refractivity contribution in [1.29, 1.82) is 0 Å². The van der Waals surface area contributed by atoms with Gasteiger partial charge in [-0.25, -0.2) is 0 Å². The number of ether oxygens (including phenoxy) is 1. The van der Waals surface area contributed by atoms with Gasteiger partial charge in [-0.3, -0.25) is 19.0 Å². The van der Waals surface area contributed by atoms with Gasteiger partial charge in [-0.15, -0.1) is 0 Å². The molecule has 0 fully saturated rings. The first-order chi connectivity index (χ1) is 10.9. The van der Waals surface area contributed by atoms with Gasteiger partial charge in [0.15, 0.2) is 6.10 Å². The molecular formula is C15H15BrN2O4S. The van der Waals surface area contributed by atoms with E-state index >= 15 is 0 Å². The standard InChI is InChI=1S/C15H15BrN2O4S/c1-9-8-23-15(21)18(9)7-13(19)22-10(2)14(20)17-12-5-3-4-11(16)6-12/h3-6,8,10H,7H2,1-2H3,(H,17,20)/t10-/m1/s1. The fourth-order valence-corrected chi connectivity index (χ4v) is 2.96. The first-order valence-electron chi connectivity index (χ1n) is 6.77. The van der Waals surface area contributed by atoms with Crippen LogP contribution in [-0.4, -0.2) is 22.5 Å². The number of nitrogens with one attached hydrogen (secondary N) is 1. The predicted octanol–water partition coefficient (Wildman–Crippen LogP) is 2.55. The number of carbonyl (C=O) groups excluding carboxylic acids is 2. The predicted molar refractivity (Wildman–Crippen MR) is 91.6 cm³/mol.